The van der Waals surface area contributed by atoms with Crippen molar-refractivity contribution < 1.29 is 37.4 Å². The van der Waals surface area contributed by atoms with E-state index >= 15 is 0 Å². The Morgan fingerprint density at radius 2 is 1.57 bits per heavy atom. The van der Waals surface area contributed by atoms with E-state index in [1.807, 2.05) is 53.8 Å². The lowest BCUT2D eigenvalue weighted by molar-refractivity contribution is -0.195. The van der Waals surface area contributed by atoms with Gasteiger partial charge in [0.2, 0.25) is 5.54 Å². The number of unbranched alkanes of at least 4 members (excludes halogenated alkanes) is 1. The van der Waals surface area contributed by atoms with Crippen LogP contribution in [0.15, 0.2) is 48.5 Å². The number of ether oxygens (including phenoxy) is 1. The molecule has 2 aromatic rings. The summed E-state index contributed by atoms with van der Waals surface area (Å²) in [7, 11) is 0. The maximum Gasteiger partial charge on any atom is 0.420 e. The topological polar surface area (TPSA) is 105 Å². The first-order chi connectivity index (χ1) is 16.5. The molecule has 0 heterocycles. The number of hydrogen-bond donors (Lipinski definition) is 3. The summed E-state index contributed by atoms with van der Waals surface area (Å²) in [5, 5.41) is 12.8. The number of fused-ring (bicyclic) bond motifs is 3. The van der Waals surface area contributed by atoms with E-state index in [2.05, 4.69) is 0 Å². The zero-order valence-electron chi connectivity index (χ0n) is 19.3. The summed E-state index contributed by atoms with van der Waals surface area (Å²) in [6.07, 6.45) is -5.72. The fourth-order valence-electron chi connectivity index (χ4n) is 4.06. The third-order valence-electron chi connectivity index (χ3n) is 6.17. The Morgan fingerprint density at radius 3 is 2.06 bits per heavy atom. The third kappa shape index (κ3) is 5.41. The van der Waals surface area contributed by atoms with Gasteiger partial charge in [0.25, 0.3) is 5.91 Å². The maximum atomic E-state index is 13.9. The van der Waals surface area contributed by atoms with Crippen LogP contribution in [-0.2, 0) is 14.3 Å². The smallest absolute Gasteiger partial charge is 0.420 e. The Bertz CT molecular complexity index is 1060. The van der Waals surface area contributed by atoms with Gasteiger partial charge in [0.05, 0.1) is 0 Å². The molecule has 0 saturated carbocycles. The number of rotatable bonds is 9. The number of carbonyl (C=O) groups is 3. The minimum Gasteiger partial charge on any atom is -0.480 e. The average molecular weight is 492 g/mol. The predicted molar refractivity (Wildman–Crippen MR) is 122 cm³/mol. The Labute approximate surface area is 200 Å². The molecule has 0 saturated heterocycles. The highest BCUT2D eigenvalue weighted by atomic mass is 19.4. The number of carboxylic acids is 1. The van der Waals surface area contributed by atoms with Gasteiger partial charge in [-0.3, -0.25) is 10.1 Å². The predicted octanol–water partition coefficient (Wildman–Crippen LogP) is 4.61. The van der Waals surface area contributed by atoms with Crippen LogP contribution in [0.25, 0.3) is 11.1 Å². The van der Waals surface area contributed by atoms with Crippen molar-refractivity contribution in [2.24, 2.45) is 0 Å². The third-order valence-corrected chi connectivity index (χ3v) is 6.17. The van der Waals surface area contributed by atoms with Crippen molar-refractivity contribution in [3.8, 4) is 11.1 Å². The van der Waals surface area contributed by atoms with E-state index in [-0.39, 0.29) is 18.9 Å². The lowest BCUT2D eigenvalue weighted by Gasteiger charge is -2.32. The van der Waals surface area contributed by atoms with Gasteiger partial charge in [-0.15, -0.1) is 0 Å². The van der Waals surface area contributed by atoms with Crippen LogP contribution >= 0.6 is 0 Å². The van der Waals surface area contributed by atoms with Gasteiger partial charge in [0.1, 0.15) is 12.6 Å². The minimum atomic E-state index is -5.21. The Morgan fingerprint density at radius 1 is 1.03 bits per heavy atom. The summed E-state index contributed by atoms with van der Waals surface area (Å²) in [6.45, 7) is 2.01. The molecular weight excluding hydrogens is 465 g/mol. The summed E-state index contributed by atoms with van der Waals surface area (Å²) in [5.74, 6) is -3.52. The van der Waals surface area contributed by atoms with Crippen LogP contribution in [0.1, 0.15) is 50.2 Å². The zero-order chi connectivity index (χ0) is 25.8. The van der Waals surface area contributed by atoms with E-state index in [4.69, 9.17) is 4.74 Å². The SMILES string of the molecule is CCCCC(NC(=O)C(C)(NC(=O)OCC1c2ccccc2-c2ccccc21)C(F)(F)F)C(=O)O. The molecule has 188 valence electrons. The van der Waals surface area contributed by atoms with Crippen LogP contribution in [0.4, 0.5) is 18.0 Å². The molecule has 2 atom stereocenters. The van der Waals surface area contributed by atoms with Crippen LogP contribution in [0.5, 0.6) is 0 Å². The van der Waals surface area contributed by atoms with Crippen molar-refractivity contribution in [2.75, 3.05) is 6.61 Å². The van der Waals surface area contributed by atoms with Crippen molar-refractivity contribution in [1.82, 2.24) is 10.6 Å². The number of alkyl halides is 3. The Balaban J connectivity index is 1.74. The molecular formula is C25H27F3N2O5. The molecule has 0 radical (unpaired) electrons. The van der Waals surface area contributed by atoms with E-state index in [1.165, 1.54) is 0 Å². The van der Waals surface area contributed by atoms with Gasteiger partial charge in [-0.1, -0.05) is 68.3 Å². The van der Waals surface area contributed by atoms with E-state index in [9.17, 15) is 32.7 Å². The quantitative estimate of drug-likeness (QED) is 0.474. The second-order valence-electron chi connectivity index (χ2n) is 8.58. The molecule has 0 bridgehead atoms. The van der Waals surface area contributed by atoms with Crippen LogP contribution in [0.3, 0.4) is 0 Å². The fourth-order valence-corrected chi connectivity index (χ4v) is 4.06. The van der Waals surface area contributed by atoms with Crippen molar-refractivity contribution >= 4 is 18.0 Å². The lowest BCUT2D eigenvalue weighted by Crippen LogP contribution is -2.66. The van der Waals surface area contributed by atoms with Gasteiger partial charge in [-0.25, -0.2) is 9.59 Å². The molecule has 7 nitrogen and oxygen atoms in total. The van der Waals surface area contributed by atoms with Crippen LogP contribution < -0.4 is 10.6 Å². The Kier molecular flexibility index (Phi) is 7.72. The van der Waals surface area contributed by atoms with E-state index < -0.39 is 35.7 Å². The molecule has 2 aromatic carbocycles. The first-order valence-electron chi connectivity index (χ1n) is 11.2. The molecule has 0 aliphatic heterocycles. The molecule has 1 aliphatic rings. The number of carboxylic acid groups (broad SMARTS) is 1. The van der Waals surface area contributed by atoms with Crippen LogP contribution in [-0.4, -0.2) is 47.4 Å². The van der Waals surface area contributed by atoms with E-state index in [0.717, 1.165) is 22.3 Å². The van der Waals surface area contributed by atoms with Crippen LogP contribution in [0.2, 0.25) is 0 Å². The molecule has 2 amide bonds. The summed E-state index contributed by atoms with van der Waals surface area (Å²) in [5.41, 5.74) is 0.248. The molecule has 0 aromatic heterocycles. The zero-order valence-corrected chi connectivity index (χ0v) is 19.3. The summed E-state index contributed by atoms with van der Waals surface area (Å²) in [6, 6.07) is 13.4. The van der Waals surface area contributed by atoms with Gasteiger partial charge in [0, 0.05) is 5.92 Å². The molecule has 3 N–H and O–H groups in total. The number of hydrogen-bond acceptors (Lipinski definition) is 4. The number of nitrogens with one attached hydrogen (secondary N) is 2. The minimum absolute atomic E-state index is 0.0452. The number of carbonyl (C=O) groups excluding carboxylic acids is 2. The van der Waals surface area contributed by atoms with Crippen molar-refractivity contribution in [2.45, 2.75) is 56.8 Å². The van der Waals surface area contributed by atoms with Gasteiger partial charge in [-0.2, -0.15) is 13.2 Å². The molecule has 3 rings (SSSR count). The number of benzene rings is 2. The van der Waals surface area contributed by atoms with Crippen LogP contribution in [0, 0.1) is 0 Å². The second kappa shape index (κ2) is 10.4. The monoisotopic (exact) mass is 492 g/mol. The standard InChI is InChI=1S/C25H27F3N2O5/c1-3-4-13-20(21(31)32)29-22(33)24(2,25(26,27)28)30-23(34)35-14-19-17-11-7-5-9-15(17)16-10-6-8-12-18(16)19/h5-12,19-20H,3-4,13-14H2,1-2H3,(H,29,33)(H,30,34)(H,31,32). The number of halogens is 3. The first-order valence-corrected chi connectivity index (χ1v) is 11.2. The molecule has 35 heavy (non-hydrogen) atoms. The molecule has 0 fully saturated rings. The normalized spacial score (nSPS) is 15.3. The van der Waals surface area contributed by atoms with Gasteiger partial charge in [0.15, 0.2) is 0 Å². The number of aliphatic carboxylic acids is 1. The largest absolute Gasteiger partial charge is 0.480 e. The lowest BCUT2D eigenvalue weighted by atomic mass is 9.98. The second-order valence-corrected chi connectivity index (χ2v) is 8.58. The van der Waals surface area contributed by atoms with E-state index in [1.54, 1.807) is 12.2 Å². The number of alkyl carbamates (subject to hydrolysis) is 1. The Hall–Kier alpha value is -3.56. The highest BCUT2D eigenvalue weighted by molar-refractivity contribution is 5.93. The summed E-state index contributed by atoms with van der Waals surface area (Å²) in [4.78, 5) is 36.4. The highest BCUT2D eigenvalue weighted by Crippen LogP contribution is 2.44. The molecule has 2 unspecified atom stereocenters. The summed E-state index contributed by atoms with van der Waals surface area (Å²) >= 11 is 0. The fraction of sp³-hybridized carbons (Fsp3) is 0.400. The average Bonchev–Trinajstić information content (AvgIpc) is 3.13. The van der Waals surface area contributed by atoms with E-state index in [0.29, 0.717) is 19.8 Å². The van der Waals surface area contributed by atoms with Crippen molar-refractivity contribution in [3.63, 3.8) is 0 Å². The van der Waals surface area contributed by atoms with Crippen molar-refractivity contribution in [1.29, 1.82) is 0 Å². The molecule has 0 spiro atoms. The van der Waals surface area contributed by atoms with Gasteiger partial charge < -0.3 is 15.2 Å². The number of amides is 2. The summed E-state index contributed by atoms with van der Waals surface area (Å²) < 4.78 is 46.8. The molecule has 1 aliphatic carbocycles. The molecule has 10 heteroatoms. The van der Waals surface area contributed by atoms with Crippen molar-refractivity contribution in [3.05, 3.63) is 59.7 Å². The first kappa shape index (κ1) is 26.1. The van der Waals surface area contributed by atoms with Gasteiger partial charge in [-0.05, 0) is 35.6 Å². The van der Waals surface area contributed by atoms with Gasteiger partial charge >= 0.3 is 18.2 Å². The maximum absolute atomic E-state index is 13.9. The highest BCUT2D eigenvalue weighted by Gasteiger charge is 2.58.